The normalized spacial score (nSPS) is 10.1. The lowest BCUT2D eigenvalue weighted by Gasteiger charge is -1.96. The standard InChI is InChI=1S/C4H9O4P/c5-4(6)2-1-3-9(7)8/h4-6H,1-3H2. The summed E-state index contributed by atoms with van der Waals surface area (Å²) in [6, 6.07) is 0. The van der Waals surface area contributed by atoms with Crippen molar-refractivity contribution < 1.29 is 19.3 Å². The third-order valence-electron chi connectivity index (χ3n) is 0.803. The van der Waals surface area contributed by atoms with Gasteiger partial charge in [0.1, 0.15) is 0 Å². The van der Waals surface area contributed by atoms with Crippen molar-refractivity contribution in [3.63, 3.8) is 0 Å². The maximum Gasteiger partial charge on any atom is 0.315 e. The Kier molecular flexibility index (Phi) is 4.58. The molecule has 9 heavy (non-hydrogen) atoms. The van der Waals surface area contributed by atoms with E-state index in [0.29, 0.717) is 6.42 Å². The Balaban J connectivity index is 3.10. The maximum absolute atomic E-state index is 9.85. The van der Waals surface area contributed by atoms with E-state index in [1.165, 1.54) is 0 Å². The highest BCUT2D eigenvalue weighted by Crippen LogP contribution is 2.07. The third-order valence-corrected chi connectivity index (χ3v) is 1.48. The molecule has 5 heteroatoms. The van der Waals surface area contributed by atoms with Crippen LogP contribution in [-0.2, 0) is 9.13 Å². The van der Waals surface area contributed by atoms with E-state index < -0.39 is 14.0 Å². The molecule has 0 saturated carbocycles. The first-order chi connectivity index (χ1) is 4.13. The minimum Gasteiger partial charge on any atom is -0.368 e. The van der Waals surface area contributed by atoms with E-state index in [1.807, 2.05) is 0 Å². The second-order valence-corrected chi connectivity index (χ2v) is 2.79. The molecule has 0 atom stereocenters. The summed E-state index contributed by atoms with van der Waals surface area (Å²) >= 11 is 0. The SMILES string of the molecule is O=P(=O)CCCC(O)O. The van der Waals surface area contributed by atoms with Gasteiger partial charge < -0.3 is 10.2 Å². The predicted octanol–water partition coefficient (Wildman–Crippen LogP) is 0.250. The van der Waals surface area contributed by atoms with E-state index >= 15 is 0 Å². The average Bonchev–Trinajstić information content (AvgIpc) is 1.63. The first-order valence-corrected chi connectivity index (χ1v) is 3.97. The van der Waals surface area contributed by atoms with Gasteiger partial charge in [-0.15, -0.1) is 0 Å². The van der Waals surface area contributed by atoms with Crippen LogP contribution < -0.4 is 0 Å². The molecule has 0 aromatic rings. The fourth-order valence-corrected chi connectivity index (χ4v) is 0.844. The third kappa shape index (κ3) is 7.82. The van der Waals surface area contributed by atoms with Crippen LogP contribution in [-0.4, -0.2) is 22.7 Å². The fraction of sp³-hybridized carbons (Fsp3) is 1.00. The zero-order valence-electron chi connectivity index (χ0n) is 4.86. The van der Waals surface area contributed by atoms with Crippen LogP contribution in [0.3, 0.4) is 0 Å². The maximum atomic E-state index is 9.85. The van der Waals surface area contributed by atoms with Crippen LogP contribution in [0, 0.1) is 0 Å². The lowest BCUT2D eigenvalue weighted by atomic mass is 10.3. The summed E-state index contributed by atoms with van der Waals surface area (Å²) in [5.74, 6) is 0. The molecule has 0 aromatic heterocycles. The van der Waals surface area contributed by atoms with Crippen LogP contribution in [0.5, 0.6) is 0 Å². The molecule has 0 unspecified atom stereocenters. The lowest BCUT2D eigenvalue weighted by Crippen LogP contribution is -2.03. The number of hydrogen-bond donors (Lipinski definition) is 2. The largest absolute Gasteiger partial charge is 0.368 e. The predicted molar refractivity (Wildman–Crippen MR) is 30.6 cm³/mol. The topological polar surface area (TPSA) is 74.6 Å². The molecule has 0 aliphatic heterocycles. The monoisotopic (exact) mass is 152 g/mol. The zero-order chi connectivity index (χ0) is 7.28. The Bertz CT molecular complexity index is 121. The first kappa shape index (κ1) is 8.82. The molecule has 0 amide bonds. The number of rotatable bonds is 4. The summed E-state index contributed by atoms with van der Waals surface area (Å²) in [4.78, 5) is 0. The van der Waals surface area contributed by atoms with Gasteiger partial charge in [-0.25, -0.2) is 9.13 Å². The molecule has 0 aromatic carbocycles. The molecular weight excluding hydrogens is 143 g/mol. The Morgan fingerprint density at radius 2 is 1.89 bits per heavy atom. The van der Waals surface area contributed by atoms with Crippen LogP contribution in [0.4, 0.5) is 0 Å². The van der Waals surface area contributed by atoms with Gasteiger partial charge in [0.05, 0.1) is 6.16 Å². The zero-order valence-corrected chi connectivity index (χ0v) is 5.75. The van der Waals surface area contributed by atoms with Crippen LogP contribution >= 0.6 is 7.68 Å². The molecule has 4 nitrogen and oxygen atoms in total. The van der Waals surface area contributed by atoms with Crippen LogP contribution in [0.25, 0.3) is 0 Å². The van der Waals surface area contributed by atoms with Crippen molar-refractivity contribution in [3.05, 3.63) is 0 Å². The fourth-order valence-electron chi connectivity index (χ4n) is 0.403. The smallest absolute Gasteiger partial charge is 0.315 e. The second-order valence-electron chi connectivity index (χ2n) is 1.68. The molecule has 0 rings (SSSR count). The molecule has 0 bridgehead atoms. The van der Waals surface area contributed by atoms with Crippen LogP contribution in [0.2, 0.25) is 0 Å². The Morgan fingerprint density at radius 3 is 2.22 bits per heavy atom. The van der Waals surface area contributed by atoms with E-state index in [4.69, 9.17) is 10.2 Å². The van der Waals surface area contributed by atoms with Gasteiger partial charge in [0, 0.05) is 0 Å². The summed E-state index contributed by atoms with van der Waals surface area (Å²) in [6.45, 7) is 0. The van der Waals surface area contributed by atoms with Crippen molar-refractivity contribution >= 4 is 7.68 Å². The van der Waals surface area contributed by atoms with E-state index in [2.05, 4.69) is 0 Å². The van der Waals surface area contributed by atoms with Crippen molar-refractivity contribution in [2.45, 2.75) is 19.1 Å². The van der Waals surface area contributed by atoms with Gasteiger partial charge in [-0.2, -0.15) is 0 Å². The molecule has 0 radical (unpaired) electrons. The molecule has 54 valence electrons. The van der Waals surface area contributed by atoms with Crippen molar-refractivity contribution in [1.82, 2.24) is 0 Å². The summed E-state index contributed by atoms with van der Waals surface area (Å²) < 4.78 is 19.7. The van der Waals surface area contributed by atoms with Gasteiger partial charge in [0.25, 0.3) is 0 Å². The van der Waals surface area contributed by atoms with Gasteiger partial charge >= 0.3 is 7.68 Å². The van der Waals surface area contributed by atoms with E-state index in [0.717, 1.165) is 0 Å². The highest BCUT2D eigenvalue weighted by molar-refractivity contribution is 7.30. The molecule has 0 fully saturated rings. The van der Waals surface area contributed by atoms with E-state index in [-0.39, 0.29) is 12.6 Å². The minimum absolute atomic E-state index is 0.0347. The molecule has 0 aliphatic carbocycles. The van der Waals surface area contributed by atoms with Crippen LogP contribution in [0.1, 0.15) is 12.8 Å². The van der Waals surface area contributed by atoms with Crippen molar-refractivity contribution in [2.75, 3.05) is 6.16 Å². The average molecular weight is 152 g/mol. The summed E-state index contributed by atoms with van der Waals surface area (Å²) in [7, 11) is -2.35. The molecule has 0 aliphatic rings. The van der Waals surface area contributed by atoms with Gasteiger partial charge in [0.2, 0.25) is 0 Å². The summed E-state index contributed by atoms with van der Waals surface area (Å²) in [5.41, 5.74) is 0. The molecular formula is C4H9O4P. The minimum atomic E-state index is -2.35. The summed E-state index contributed by atoms with van der Waals surface area (Å²) in [6.07, 6.45) is -0.896. The van der Waals surface area contributed by atoms with Gasteiger partial charge in [-0.1, -0.05) is 0 Å². The Labute approximate surface area is 53.3 Å². The van der Waals surface area contributed by atoms with Crippen LogP contribution in [0.15, 0.2) is 0 Å². The Morgan fingerprint density at radius 1 is 1.33 bits per heavy atom. The second kappa shape index (κ2) is 4.68. The number of aliphatic hydroxyl groups is 2. The van der Waals surface area contributed by atoms with Crippen molar-refractivity contribution in [1.29, 1.82) is 0 Å². The highest BCUT2D eigenvalue weighted by atomic mass is 31.1. The van der Waals surface area contributed by atoms with Crippen molar-refractivity contribution in [2.24, 2.45) is 0 Å². The van der Waals surface area contributed by atoms with Gasteiger partial charge in [0.15, 0.2) is 6.29 Å². The highest BCUT2D eigenvalue weighted by Gasteiger charge is 1.97. The molecule has 0 heterocycles. The Hall–Kier alpha value is -0.180. The van der Waals surface area contributed by atoms with E-state index in [1.54, 1.807) is 0 Å². The molecule has 0 spiro atoms. The number of aliphatic hydroxyl groups excluding tert-OH is 1. The quantitative estimate of drug-likeness (QED) is 0.447. The summed E-state index contributed by atoms with van der Waals surface area (Å²) in [5, 5.41) is 16.4. The first-order valence-electron chi connectivity index (χ1n) is 2.61. The number of hydrogen-bond acceptors (Lipinski definition) is 4. The molecule has 2 N–H and O–H groups in total. The van der Waals surface area contributed by atoms with Crippen molar-refractivity contribution in [3.8, 4) is 0 Å². The lowest BCUT2D eigenvalue weighted by molar-refractivity contribution is -0.0452. The van der Waals surface area contributed by atoms with Gasteiger partial charge in [-0.3, -0.25) is 0 Å². The van der Waals surface area contributed by atoms with Gasteiger partial charge in [-0.05, 0) is 12.8 Å². The van der Waals surface area contributed by atoms with E-state index in [9.17, 15) is 9.13 Å². The molecule has 0 saturated heterocycles.